The monoisotopic (exact) mass is 271 g/mol. The Morgan fingerprint density at radius 1 is 1.05 bits per heavy atom. The van der Waals surface area contributed by atoms with Crippen LogP contribution in [0.15, 0.2) is 48.5 Å². The Morgan fingerprint density at radius 3 is 2.35 bits per heavy atom. The molecule has 0 amide bonds. The first kappa shape index (κ1) is 14.6. The second-order valence-corrected chi connectivity index (χ2v) is 4.82. The van der Waals surface area contributed by atoms with Crippen LogP contribution in [0.4, 0.5) is 0 Å². The van der Waals surface area contributed by atoms with E-state index in [1.165, 1.54) is 5.56 Å². The molecule has 0 radical (unpaired) electrons. The molecule has 1 atom stereocenters. The van der Waals surface area contributed by atoms with Crippen molar-refractivity contribution in [3.05, 3.63) is 65.2 Å². The normalized spacial score (nSPS) is 12.2. The molecule has 0 fully saturated rings. The summed E-state index contributed by atoms with van der Waals surface area (Å²) in [7, 11) is 1.69. The molecule has 0 aliphatic rings. The molecule has 3 heteroatoms. The van der Waals surface area contributed by atoms with Gasteiger partial charge in [-0.1, -0.05) is 42.5 Å². The van der Waals surface area contributed by atoms with Gasteiger partial charge in [-0.15, -0.1) is 0 Å². The van der Waals surface area contributed by atoms with Crippen LogP contribution >= 0.6 is 0 Å². The van der Waals surface area contributed by atoms with Crippen LogP contribution < -0.4 is 10.1 Å². The van der Waals surface area contributed by atoms with Gasteiger partial charge in [-0.05, 0) is 24.1 Å². The molecular formula is C17H21NO2. The summed E-state index contributed by atoms with van der Waals surface area (Å²) in [5.41, 5.74) is 3.29. The van der Waals surface area contributed by atoms with E-state index in [1.807, 2.05) is 42.5 Å². The standard InChI is InChI=1S/C17H21NO2/c1-13(16-5-3-4-6-17(16)20-2)18-11-14-7-9-15(12-19)10-8-14/h3-10,13,18-19H,11-12H2,1-2H3/t13-/m1/s1. The minimum Gasteiger partial charge on any atom is -0.496 e. The van der Waals surface area contributed by atoms with Crippen molar-refractivity contribution in [1.29, 1.82) is 0 Å². The van der Waals surface area contributed by atoms with Crippen LogP contribution in [-0.4, -0.2) is 12.2 Å². The van der Waals surface area contributed by atoms with Crippen LogP contribution in [0.3, 0.4) is 0 Å². The maximum absolute atomic E-state index is 9.02. The Labute approximate surface area is 120 Å². The zero-order valence-electron chi connectivity index (χ0n) is 12.0. The van der Waals surface area contributed by atoms with Crippen molar-refractivity contribution < 1.29 is 9.84 Å². The Bertz CT molecular complexity index is 537. The van der Waals surface area contributed by atoms with Crippen LogP contribution in [0.1, 0.15) is 29.7 Å². The Balaban J connectivity index is 1.98. The molecule has 0 aliphatic heterocycles. The van der Waals surface area contributed by atoms with Crippen molar-refractivity contribution in [1.82, 2.24) is 5.32 Å². The van der Waals surface area contributed by atoms with Gasteiger partial charge >= 0.3 is 0 Å². The van der Waals surface area contributed by atoms with E-state index in [0.717, 1.165) is 23.4 Å². The smallest absolute Gasteiger partial charge is 0.123 e. The quantitative estimate of drug-likeness (QED) is 0.848. The molecule has 2 rings (SSSR count). The summed E-state index contributed by atoms with van der Waals surface area (Å²) in [6, 6.07) is 16.2. The summed E-state index contributed by atoms with van der Waals surface area (Å²) in [4.78, 5) is 0. The van der Waals surface area contributed by atoms with Crippen molar-refractivity contribution in [3.63, 3.8) is 0 Å². The van der Waals surface area contributed by atoms with Crippen molar-refractivity contribution >= 4 is 0 Å². The molecule has 2 aromatic carbocycles. The van der Waals surface area contributed by atoms with Gasteiger partial charge in [0, 0.05) is 18.2 Å². The Hall–Kier alpha value is -1.84. The minimum atomic E-state index is 0.0886. The molecule has 0 unspecified atom stereocenters. The van der Waals surface area contributed by atoms with Gasteiger partial charge in [-0.2, -0.15) is 0 Å². The van der Waals surface area contributed by atoms with E-state index in [9.17, 15) is 0 Å². The van der Waals surface area contributed by atoms with Crippen molar-refractivity contribution in [2.24, 2.45) is 0 Å². The number of ether oxygens (including phenoxy) is 1. The average molecular weight is 271 g/mol. The largest absolute Gasteiger partial charge is 0.496 e. The average Bonchev–Trinajstić information content (AvgIpc) is 2.53. The van der Waals surface area contributed by atoms with E-state index >= 15 is 0 Å². The summed E-state index contributed by atoms with van der Waals surface area (Å²) >= 11 is 0. The fraction of sp³-hybridized carbons (Fsp3) is 0.294. The van der Waals surface area contributed by atoms with Gasteiger partial charge in [0.1, 0.15) is 5.75 Å². The van der Waals surface area contributed by atoms with Crippen molar-refractivity contribution in [2.45, 2.75) is 26.1 Å². The van der Waals surface area contributed by atoms with E-state index in [-0.39, 0.29) is 12.6 Å². The van der Waals surface area contributed by atoms with E-state index in [0.29, 0.717) is 0 Å². The lowest BCUT2D eigenvalue weighted by molar-refractivity contribution is 0.282. The molecule has 0 aromatic heterocycles. The molecule has 0 saturated heterocycles. The zero-order chi connectivity index (χ0) is 14.4. The van der Waals surface area contributed by atoms with Gasteiger partial charge in [0.2, 0.25) is 0 Å². The maximum Gasteiger partial charge on any atom is 0.123 e. The number of para-hydroxylation sites is 1. The topological polar surface area (TPSA) is 41.5 Å². The lowest BCUT2D eigenvalue weighted by Crippen LogP contribution is -2.18. The fourth-order valence-corrected chi connectivity index (χ4v) is 2.17. The van der Waals surface area contributed by atoms with Crippen LogP contribution in [0.2, 0.25) is 0 Å². The predicted octanol–water partition coefficient (Wildman–Crippen LogP) is 3.04. The lowest BCUT2D eigenvalue weighted by atomic mass is 10.1. The summed E-state index contributed by atoms with van der Waals surface area (Å²) in [6.45, 7) is 3.00. The van der Waals surface area contributed by atoms with Gasteiger partial charge in [0.25, 0.3) is 0 Å². The highest BCUT2D eigenvalue weighted by Crippen LogP contribution is 2.24. The molecule has 0 saturated carbocycles. The second kappa shape index (κ2) is 7.08. The number of rotatable bonds is 6. The summed E-state index contributed by atoms with van der Waals surface area (Å²) < 4.78 is 5.38. The SMILES string of the molecule is COc1ccccc1[C@@H](C)NCc1ccc(CO)cc1. The Kier molecular flexibility index (Phi) is 5.16. The number of nitrogens with one attached hydrogen (secondary N) is 1. The van der Waals surface area contributed by atoms with Crippen LogP contribution in [0.5, 0.6) is 5.75 Å². The number of benzene rings is 2. The number of methoxy groups -OCH3 is 1. The van der Waals surface area contributed by atoms with Gasteiger partial charge in [0.15, 0.2) is 0 Å². The third kappa shape index (κ3) is 3.59. The van der Waals surface area contributed by atoms with E-state index in [1.54, 1.807) is 7.11 Å². The molecule has 0 heterocycles. The first-order chi connectivity index (χ1) is 9.74. The molecule has 0 aliphatic carbocycles. The summed E-state index contributed by atoms with van der Waals surface area (Å²) in [5, 5.41) is 12.5. The first-order valence-corrected chi connectivity index (χ1v) is 6.79. The molecule has 0 bridgehead atoms. The van der Waals surface area contributed by atoms with Crippen LogP contribution in [0, 0.1) is 0 Å². The van der Waals surface area contributed by atoms with Crippen LogP contribution in [-0.2, 0) is 13.2 Å². The molecule has 106 valence electrons. The fourth-order valence-electron chi connectivity index (χ4n) is 2.17. The van der Waals surface area contributed by atoms with Crippen molar-refractivity contribution in [2.75, 3.05) is 7.11 Å². The second-order valence-electron chi connectivity index (χ2n) is 4.82. The number of aliphatic hydroxyl groups excluding tert-OH is 1. The summed E-state index contributed by atoms with van der Waals surface area (Å²) in [6.07, 6.45) is 0. The summed E-state index contributed by atoms with van der Waals surface area (Å²) in [5.74, 6) is 0.906. The van der Waals surface area contributed by atoms with Gasteiger partial charge in [0.05, 0.1) is 13.7 Å². The van der Waals surface area contributed by atoms with Crippen LogP contribution in [0.25, 0.3) is 0 Å². The lowest BCUT2D eigenvalue weighted by Gasteiger charge is -2.17. The third-order valence-corrected chi connectivity index (χ3v) is 3.42. The minimum absolute atomic E-state index is 0.0886. The molecular weight excluding hydrogens is 250 g/mol. The van der Waals surface area contributed by atoms with E-state index < -0.39 is 0 Å². The molecule has 3 nitrogen and oxygen atoms in total. The number of hydrogen-bond donors (Lipinski definition) is 2. The van der Waals surface area contributed by atoms with Gasteiger partial charge in [-0.3, -0.25) is 0 Å². The Morgan fingerprint density at radius 2 is 1.70 bits per heavy atom. The molecule has 20 heavy (non-hydrogen) atoms. The molecule has 2 N–H and O–H groups in total. The highest BCUT2D eigenvalue weighted by Gasteiger charge is 2.09. The van der Waals surface area contributed by atoms with E-state index in [4.69, 9.17) is 9.84 Å². The first-order valence-electron chi connectivity index (χ1n) is 6.79. The molecule has 2 aromatic rings. The zero-order valence-corrected chi connectivity index (χ0v) is 12.0. The number of hydrogen-bond acceptors (Lipinski definition) is 3. The third-order valence-electron chi connectivity index (χ3n) is 3.42. The van der Waals surface area contributed by atoms with Gasteiger partial charge < -0.3 is 15.2 Å². The van der Waals surface area contributed by atoms with E-state index in [2.05, 4.69) is 18.3 Å². The predicted molar refractivity (Wildman–Crippen MR) is 80.6 cm³/mol. The van der Waals surface area contributed by atoms with Crippen molar-refractivity contribution in [3.8, 4) is 5.75 Å². The number of aliphatic hydroxyl groups is 1. The van der Waals surface area contributed by atoms with Gasteiger partial charge in [-0.25, -0.2) is 0 Å². The highest BCUT2D eigenvalue weighted by molar-refractivity contribution is 5.35. The molecule has 0 spiro atoms. The highest BCUT2D eigenvalue weighted by atomic mass is 16.5. The maximum atomic E-state index is 9.02.